The molecule has 1 aromatic rings. The third-order valence-corrected chi connectivity index (χ3v) is 3.71. The molecule has 110 valence electrons. The van der Waals surface area contributed by atoms with Gasteiger partial charge in [-0.25, -0.2) is 4.39 Å². The number of nitrogens with one attached hydrogen (secondary N) is 1. The van der Waals surface area contributed by atoms with Crippen LogP contribution < -0.4 is 5.32 Å². The van der Waals surface area contributed by atoms with Crippen molar-refractivity contribution < 1.29 is 18.7 Å². The molecule has 0 unspecified atom stereocenters. The molecule has 0 saturated carbocycles. The zero-order chi connectivity index (χ0) is 14.4. The summed E-state index contributed by atoms with van der Waals surface area (Å²) in [6, 6.07) is 4.43. The summed E-state index contributed by atoms with van der Waals surface area (Å²) in [6.45, 7) is 2.06. The average molecular weight is 346 g/mol. The van der Waals surface area contributed by atoms with E-state index in [4.69, 9.17) is 9.47 Å². The Morgan fingerprint density at radius 1 is 1.55 bits per heavy atom. The highest BCUT2D eigenvalue weighted by molar-refractivity contribution is 9.10. The van der Waals surface area contributed by atoms with Crippen LogP contribution in [0, 0.1) is 5.82 Å². The lowest BCUT2D eigenvalue weighted by Gasteiger charge is -2.11. The van der Waals surface area contributed by atoms with Gasteiger partial charge in [-0.1, -0.05) is 6.07 Å². The lowest BCUT2D eigenvalue weighted by Crippen LogP contribution is -2.29. The van der Waals surface area contributed by atoms with Crippen molar-refractivity contribution in [3.05, 3.63) is 34.1 Å². The van der Waals surface area contributed by atoms with Gasteiger partial charge >= 0.3 is 0 Å². The molecule has 1 heterocycles. The van der Waals surface area contributed by atoms with Crippen LogP contribution in [0.4, 0.5) is 4.39 Å². The maximum absolute atomic E-state index is 13.5. The van der Waals surface area contributed by atoms with E-state index in [1.165, 1.54) is 6.07 Å². The summed E-state index contributed by atoms with van der Waals surface area (Å²) < 4.78 is 24.8. The maximum Gasteiger partial charge on any atom is 0.255 e. The van der Waals surface area contributed by atoms with Crippen LogP contribution in [0.1, 0.15) is 23.2 Å². The quantitative estimate of drug-likeness (QED) is 0.806. The highest BCUT2D eigenvalue weighted by Gasteiger charge is 2.16. The normalized spacial score (nSPS) is 18.2. The van der Waals surface area contributed by atoms with E-state index in [9.17, 15) is 9.18 Å². The Hall–Kier alpha value is -0.980. The number of carbonyl (C=O) groups is 1. The third kappa shape index (κ3) is 4.26. The number of benzene rings is 1. The van der Waals surface area contributed by atoms with Crippen molar-refractivity contribution in [3.8, 4) is 0 Å². The SMILES string of the molecule is O=C(NCCOC[C@@H]1CCCO1)c1c(F)cccc1Br. The van der Waals surface area contributed by atoms with E-state index in [0.717, 1.165) is 19.4 Å². The van der Waals surface area contributed by atoms with Crippen molar-refractivity contribution in [2.75, 3.05) is 26.4 Å². The van der Waals surface area contributed by atoms with Gasteiger partial charge in [-0.15, -0.1) is 0 Å². The molecule has 0 aromatic heterocycles. The van der Waals surface area contributed by atoms with Gasteiger partial charge in [0.05, 0.1) is 24.9 Å². The number of hydrogen-bond acceptors (Lipinski definition) is 3. The zero-order valence-electron chi connectivity index (χ0n) is 11.0. The summed E-state index contributed by atoms with van der Waals surface area (Å²) in [5.41, 5.74) is 0.0200. The Bertz CT molecular complexity index is 443. The second kappa shape index (κ2) is 7.71. The topological polar surface area (TPSA) is 47.6 Å². The lowest BCUT2D eigenvalue weighted by atomic mass is 10.2. The predicted molar refractivity (Wildman–Crippen MR) is 76.2 cm³/mol. The van der Waals surface area contributed by atoms with Gasteiger partial charge in [0.15, 0.2) is 0 Å². The second-order valence-electron chi connectivity index (χ2n) is 4.56. The molecule has 2 rings (SSSR count). The highest BCUT2D eigenvalue weighted by Crippen LogP contribution is 2.19. The van der Waals surface area contributed by atoms with Crippen LogP contribution >= 0.6 is 15.9 Å². The molecular weight excluding hydrogens is 329 g/mol. The van der Waals surface area contributed by atoms with Gasteiger partial charge in [0.2, 0.25) is 0 Å². The monoisotopic (exact) mass is 345 g/mol. The van der Waals surface area contributed by atoms with Crippen LogP contribution in [-0.2, 0) is 9.47 Å². The summed E-state index contributed by atoms with van der Waals surface area (Å²) in [5.74, 6) is -0.993. The van der Waals surface area contributed by atoms with Crippen LogP contribution in [0.15, 0.2) is 22.7 Å². The first kappa shape index (κ1) is 15.4. The number of amides is 1. The molecule has 1 saturated heterocycles. The van der Waals surface area contributed by atoms with Gasteiger partial charge in [0.1, 0.15) is 5.82 Å². The fraction of sp³-hybridized carbons (Fsp3) is 0.500. The molecule has 0 bridgehead atoms. The molecule has 1 aromatic carbocycles. The Balaban J connectivity index is 1.69. The molecule has 0 spiro atoms. The van der Waals surface area contributed by atoms with Gasteiger partial charge in [0.25, 0.3) is 5.91 Å². The largest absolute Gasteiger partial charge is 0.377 e. The molecule has 20 heavy (non-hydrogen) atoms. The minimum absolute atomic E-state index is 0.0200. The molecule has 1 N–H and O–H groups in total. The van der Waals surface area contributed by atoms with Gasteiger partial charge < -0.3 is 14.8 Å². The molecule has 1 aliphatic heterocycles. The van der Waals surface area contributed by atoms with E-state index in [1.54, 1.807) is 12.1 Å². The summed E-state index contributed by atoms with van der Waals surface area (Å²) >= 11 is 3.17. The van der Waals surface area contributed by atoms with Crippen LogP contribution in [0.25, 0.3) is 0 Å². The Morgan fingerprint density at radius 2 is 2.40 bits per heavy atom. The van der Waals surface area contributed by atoms with Gasteiger partial charge in [-0.2, -0.15) is 0 Å². The summed E-state index contributed by atoms with van der Waals surface area (Å²) in [7, 11) is 0. The molecule has 1 aliphatic rings. The standard InChI is InChI=1S/C14H17BrFNO3/c15-11-4-1-5-12(16)13(11)14(18)17-6-8-19-9-10-3-2-7-20-10/h1,4-5,10H,2-3,6-9H2,(H,17,18)/t10-/m0/s1. The smallest absolute Gasteiger partial charge is 0.255 e. The van der Waals surface area contributed by atoms with E-state index >= 15 is 0 Å². The summed E-state index contributed by atoms with van der Waals surface area (Å²) in [4.78, 5) is 11.8. The highest BCUT2D eigenvalue weighted by atomic mass is 79.9. The fourth-order valence-corrected chi connectivity index (χ4v) is 2.55. The molecule has 1 fully saturated rings. The Labute approximate surface area is 125 Å². The van der Waals surface area contributed by atoms with Crippen molar-refractivity contribution in [2.24, 2.45) is 0 Å². The van der Waals surface area contributed by atoms with Crippen molar-refractivity contribution in [1.82, 2.24) is 5.32 Å². The Morgan fingerprint density at radius 3 is 3.10 bits per heavy atom. The first-order chi connectivity index (χ1) is 9.68. The number of hydrogen-bond donors (Lipinski definition) is 1. The zero-order valence-corrected chi connectivity index (χ0v) is 12.6. The lowest BCUT2D eigenvalue weighted by molar-refractivity contribution is 0.0183. The van der Waals surface area contributed by atoms with Crippen LogP contribution in [0.5, 0.6) is 0 Å². The average Bonchev–Trinajstić information content (AvgIpc) is 2.91. The first-order valence-corrected chi connectivity index (χ1v) is 7.39. The fourth-order valence-electron chi connectivity index (χ4n) is 2.03. The van der Waals surface area contributed by atoms with Crippen LogP contribution in [0.2, 0.25) is 0 Å². The summed E-state index contributed by atoms with van der Waals surface area (Å²) in [5, 5.41) is 2.63. The predicted octanol–water partition coefficient (Wildman–Crippen LogP) is 2.51. The van der Waals surface area contributed by atoms with Crippen LogP contribution in [0.3, 0.4) is 0 Å². The molecule has 6 heteroatoms. The molecule has 4 nitrogen and oxygen atoms in total. The van der Waals surface area contributed by atoms with Crippen molar-refractivity contribution in [1.29, 1.82) is 0 Å². The van der Waals surface area contributed by atoms with E-state index in [2.05, 4.69) is 21.2 Å². The molecule has 1 atom stereocenters. The van der Waals surface area contributed by atoms with E-state index in [-0.39, 0.29) is 11.7 Å². The number of ether oxygens (including phenoxy) is 2. The van der Waals surface area contributed by atoms with E-state index in [0.29, 0.717) is 24.2 Å². The van der Waals surface area contributed by atoms with Crippen molar-refractivity contribution >= 4 is 21.8 Å². The summed E-state index contributed by atoms with van der Waals surface area (Å²) in [6.07, 6.45) is 2.27. The van der Waals surface area contributed by atoms with E-state index in [1.807, 2.05) is 0 Å². The minimum atomic E-state index is -0.544. The second-order valence-corrected chi connectivity index (χ2v) is 5.42. The molecule has 1 amide bonds. The Kier molecular flexibility index (Phi) is 5.94. The van der Waals surface area contributed by atoms with Crippen molar-refractivity contribution in [3.63, 3.8) is 0 Å². The number of carbonyl (C=O) groups excluding carboxylic acids is 1. The molecule has 0 aliphatic carbocycles. The van der Waals surface area contributed by atoms with Gasteiger partial charge in [-0.3, -0.25) is 4.79 Å². The van der Waals surface area contributed by atoms with Gasteiger partial charge in [0, 0.05) is 17.6 Å². The molecular formula is C14H17BrFNO3. The maximum atomic E-state index is 13.5. The van der Waals surface area contributed by atoms with E-state index < -0.39 is 11.7 Å². The number of rotatable bonds is 6. The minimum Gasteiger partial charge on any atom is -0.377 e. The van der Waals surface area contributed by atoms with Crippen LogP contribution in [-0.4, -0.2) is 38.4 Å². The third-order valence-electron chi connectivity index (χ3n) is 3.05. The van der Waals surface area contributed by atoms with Gasteiger partial charge in [-0.05, 0) is 40.9 Å². The number of halogens is 2. The molecule has 0 radical (unpaired) electrons. The van der Waals surface area contributed by atoms with Crippen molar-refractivity contribution in [2.45, 2.75) is 18.9 Å². The first-order valence-electron chi connectivity index (χ1n) is 6.60.